The first-order valence-corrected chi connectivity index (χ1v) is 8.84. The van der Waals surface area contributed by atoms with Crippen LogP contribution in [0.25, 0.3) is 11.3 Å². The van der Waals surface area contributed by atoms with Crippen LogP contribution in [-0.2, 0) is 0 Å². The molecule has 4 aromatic heterocycles. The molecule has 1 aliphatic rings. The Morgan fingerprint density at radius 2 is 1.88 bits per heavy atom. The molecule has 0 atom stereocenters. The number of ether oxygens (including phenoxy) is 1. The summed E-state index contributed by atoms with van der Waals surface area (Å²) in [5.41, 5.74) is 1.71. The average molecular weight is 349 g/mol. The Kier molecular flexibility index (Phi) is 3.66. The highest BCUT2D eigenvalue weighted by Gasteiger charge is 2.21. The van der Waals surface area contributed by atoms with Crippen LogP contribution in [0.4, 0.5) is 5.82 Å². The lowest BCUT2D eigenvalue weighted by Crippen LogP contribution is -2.36. The molecular weight excluding hydrogens is 330 g/mol. The lowest BCUT2D eigenvalue weighted by molar-refractivity contribution is 0.213. The smallest absolute Gasteiger partial charge is 0.231 e. The highest BCUT2D eigenvalue weighted by molar-refractivity contribution is 5.47. The van der Waals surface area contributed by atoms with Gasteiger partial charge in [0.2, 0.25) is 5.88 Å². The van der Waals surface area contributed by atoms with E-state index in [2.05, 4.69) is 25.1 Å². The molecule has 0 unspecified atom stereocenters. The Balaban J connectivity index is 1.18. The van der Waals surface area contributed by atoms with Crippen molar-refractivity contribution < 1.29 is 4.74 Å². The number of anilines is 1. The van der Waals surface area contributed by atoms with E-state index in [1.807, 2.05) is 36.7 Å². The number of piperidine rings is 1. The van der Waals surface area contributed by atoms with Gasteiger partial charge in [-0.2, -0.15) is 5.10 Å². The van der Waals surface area contributed by atoms with Crippen molar-refractivity contribution in [2.45, 2.75) is 12.8 Å². The standard InChI is InChI=1S/C18H19N7O/c1-2-18(22-25-12-8-19-15(1)25)26-13-14-4-9-23(10-5-14)16-6-11-24-17(21-16)3-7-20-24/h1-3,6-8,11-12,14H,4-5,9-10,13H2. The maximum atomic E-state index is 5.91. The molecule has 0 saturated carbocycles. The van der Waals surface area contributed by atoms with Gasteiger partial charge in [-0.1, -0.05) is 0 Å². The summed E-state index contributed by atoms with van der Waals surface area (Å²) in [5, 5.41) is 8.60. The maximum Gasteiger partial charge on any atom is 0.231 e. The molecule has 26 heavy (non-hydrogen) atoms. The zero-order valence-electron chi connectivity index (χ0n) is 14.3. The molecule has 0 radical (unpaired) electrons. The molecule has 132 valence electrons. The van der Waals surface area contributed by atoms with Crippen molar-refractivity contribution in [1.82, 2.24) is 29.2 Å². The summed E-state index contributed by atoms with van der Waals surface area (Å²) in [6.45, 7) is 2.66. The van der Waals surface area contributed by atoms with Gasteiger partial charge in [0.1, 0.15) is 5.82 Å². The Morgan fingerprint density at radius 1 is 0.962 bits per heavy atom. The molecular formula is C18H19N7O. The molecule has 1 aliphatic heterocycles. The zero-order valence-corrected chi connectivity index (χ0v) is 14.3. The summed E-state index contributed by atoms with van der Waals surface area (Å²) in [6.07, 6.45) is 9.46. The quantitative estimate of drug-likeness (QED) is 0.562. The molecule has 1 saturated heterocycles. The van der Waals surface area contributed by atoms with Gasteiger partial charge in [-0.3, -0.25) is 0 Å². The number of imidazole rings is 1. The van der Waals surface area contributed by atoms with Crippen LogP contribution >= 0.6 is 0 Å². The van der Waals surface area contributed by atoms with Crippen molar-refractivity contribution in [3.05, 3.63) is 49.1 Å². The molecule has 0 aliphatic carbocycles. The fourth-order valence-corrected chi connectivity index (χ4v) is 3.39. The predicted molar refractivity (Wildman–Crippen MR) is 96.4 cm³/mol. The summed E-state index contributed by atoms with van der Waals surface area (Å²) >= 11 is 0. The van der Waals surface area contributed by atoms with Gasteiger partial charge in [0.15, 0.2) is 11.3 Å². The van der Waals surface area contributed by atoms with Gasteiger partial charge < -0.3 is 9.64 Å². The molecule has 0 bridgehead atoms. The van der Waals surface area contributed by atoms with Gasteiger partial charge in [0, 0.05) is 43.8 Å². The minimum Gasteiger partial charge on any atom is -0.476 e. The molecule has 1 fully saturated rings. The summed E-state index contributed by atoms with van der Waals surface area (Å²) < 4.78 is 9.42. The van der Waals surface area contributed by atoms with Crippen molar-refractivity contribution in [1.29, 1.82) is 0 Å². The maximum absolute atomic E-state index is 5.91. The van der Waals surface area contributed by atoms with Gasteiger partial charge in [-0.15, -0.1) is 5.10 Å². The molecule has 5 rings (SSSR count). The molecule has 0 aromatic carbocycles. The summed E-state index contributed by atoms with van der Waals surface area (Å²) in [6, 6.07) is 7.75. The first-order chi connectivity index (χ1) is 12.8. The first-order valence-electron chi connectivity index (χ1n) is 8.84. The average Bonchev–Trinajstić information content (AvgIpc) is 3.34. The summed E-state index contributed by atoms with van der Waals surface area (Å²) in [7, 11) is 0. The number of fused-ring (bicyclic) bond motifs is 2. The minimum atomic E-state index is 0.533. The number of hydrogen-bond acceptors (Lipinski definition) is 6. The molecule has 0 amide bonds. The monoisotopic (exact) mass is 349 g/mol. The second kappa shape index (κ2) is 6.29. The van der Waals surface area contributed by atoms with Crippen LogP contribution in [0, 0.1) is 5.92 Å². The third-order valence-corrected chi connectivity index (χ3v) is 4.88. The second-order valence-corrected chi connectivity index (χ2v) is 6.56. The van der Waals surface area contributed by atoms with Crippen LogP contribution in [0.15, 0.2) is 49.1 Å². The third-order valence-electron chi connectivity index (χ3n) is 4.88. The number of aromatic nitrogens is 6. The number of rotatable bonds is 4. The molecule has 8 heteroatoms. The predicted octanol–water partition coefficient (Wildman–Crippen LogP) is 2.07. The Morgan fingerprint density at radius 3 is 2.81 bits per heavy atom. The van der Waals surface area contributed by atoms with Gasteiger partial charge in [0.05, 0.1) is 12.8 Å². The summed E-state index contributed by atoms with van der Waals surface area (Å²) in [5.74, 6) is 2.20. The van der Waals surface area contributed by atoms with E-state index in [4.69, 9.17) is 4.74 Å². The SMILES string of the molecule is c1cn2nc(OCC3CCN(c4ccn5nccc5n4)CC3)ccc2n1. The molecule has 4 aromatic rings. The second-order valence-electron chi connectivity index (χ2n) is 6.56. The first kappa shape index (κ1) is 15.1. The van der Waals surface area contributed by atoms with E-state index in [0.29, 0.717) is 18.4 Å². The fraction of sp³-hybridized carbons (Fsp3) is 0.333. The van der Waals surface area contributed by atoms with E-state index in [9.17, 15) is 0 Å². The van der Waals surface area contributed by atoms with E-state index < -0.39 is 0 Å². The van der Waals surface area contributed by atoms with Crippen LogP contribution in [0.3, 0.4) is 0 Å². The number of nitrogens with zero attached hydrogens (tertiary/aromatic N) is 7. The molecule has 8 nitrogen and oxygen atoms in total. The van der Waals surface area contributed by atoms with E-state index in [-0.39, 0.29) is 0 Å². The molecule has 5 heterocycles. The van der Waals surface area contributed by atoms with Gasteiger partial charge in [0.25, 0.3) is 0 Å². The van der Waals surface area contributed by atoms with Crippen LogP contribution in [0.5, 0.6) is 5.88 Å². The highest BCUT2D eigenvalue weighted by atomic mass is 16.5. The van der Waals surface area contributed by atoms with Crippen molar-refractivity contribution in [3.63, 3.8) is 0 Å². The van der Waals surface area contributed by atoms with Crippen LogP contribution in [0.1, 0.15) is 12.8 Å². The minimum absolute atomic E-state index is 0.533. The lowest BCUT2D eigenvalue weighted by atomic mass is 9.98. The van der Waals surface area contributed by atoms with Gasteiger partial charge >= 0.3 is 0 Å². The Labute approximate surface area is 150 Å². The third kappa shape index (κ3) is 2.83. The van der Waals surface area contributed by atoms with Crippen molar-refractivity contribution in [3.8, 4) is 5.88 Å². The molecule has 0 N–H and O–H groups in total. The Hall–Kier alpha value is -3.16. The Bertz CT molecular complexity index is 1030. The van der Waals surface area contributed by atoms with Crippen LogP contribution in [0.2, 0.25) is 0 Å². The van der Waals surface area contributed by atoms with Crippen molar-refractivity contribution >= 4 is 17.1 Å². The summed E-state index contributed by atoms with van der Waals surface area (Å²) in [4.78, 5) is 11.2. The van der Waals surface area contributed by atoms with Crippen LogP contribution in [-0.4, -0.2) is 48.9 Å². The van der Waals surface area contributed by atoms with Crippen molar-refractivity contribution in [2.24, 2.45) is 5.92 Å². The normalized spacial score (nSPS) is 15.8. The number of hydrogen-bond donors (Lipinski definition) is 0. The van der Waals surface area contributed by atoms with Gasteiger partial charge in [-0.25, -0.2) is 19.0 Å². The van der Waals surface area contributed by atoms with E-state index in [1.165, 1.54) is 0 Å². The molecule has 0 spiro atoms. The highest BCUT2D eigenvalue weighted by Crippen LogP contribution is 2.23. The topological polar surface area (TPSA) is 72.9 Å². The van der Waals surface area contributed by atoms with Crippen LogP contribution < -0.4 is 9.64 Å². The van der Waals surface area contributed by atoms with E-state index in [0.717, 1.165) is 43.0 Å². The fourth-order valence-electron chi connectivity index (χ4n) is 3.39. The van der Waals surface area contributed by atoms with E-state index >= 15 is 0 Å². The van der Waals surface area contributed by atoms with E-state index in [1.54, 1.807) is 21.4 Å². The zero-order chi connectivity index (χ0) is 17.3. The largest absolute Gasteiger partial charge is 0.476 e. The van der Waals surface area contributed by atoms with Gasteiger partial charge in [-0.05, 0) is 30.9 Å². The lowest BCUT2D eigenvalue weighted by Gasteiger charge is -2.32. The van der Waals surface area contributed by atoms with Crippen molar-refractivity contribution in [2.75, 3.05) is 24.6 Å².